The molecular formula is C15H21BrN2O. The molecule has 0 N–H and O–H groups in total. The molecule has 0 spiro atoms. The van der Waals surface area contributed by atoms with Crippen molar-refractivity contribution in [3.8, 4) is 0 Å². The van der Waals surface area contributed by atoms with Crippen LogP contribution in [0.4, 0.5) is 5.69 Å². The lowest BCUT2D eigenvalue weighted by Crippen LogP contribution is -2.27. The van der Waals surface area contributed by atoms with E-state index in [2.05, 4.69) is 39.8 Å². The van der Waals surface area contributed by atoms with Gasteiger partial charge >= 0.3 is 0 Å². The van der Waals surface area contributed by atoms with Gasteiger partial charge in [-0.1, -0.05) is 0 Å². The van der Waals surface area contributed by atoms with Crippen molar-refractivity contribution < 1.29 is 4.79 Å². The van der Waals surface area contributed by atoms with Gasteiger partial charge in [0.15, 0.2) is 5.78 Å². The van der Waals surface area contributed by atoms with E-state index in [1.165, 1.54) is 19.5 Å². The van der Waals surface area contributed by atoms with Gasteiger partial charge in [0.1, 0.15) is 0 Å². The second kappa shape index (κ2) is 6.06. The minimum absolute atomic E-state index is 0.0958. The summed E-state index contributed by atoms with van der Waals surface area (Å²) in [4.78, 5) is 16.1. The molecule has 1 heterocycles. The van der Waals surface area contributed by atoms with E-state index in [0.29, 0.717) is 0 Å². The molecule has 104 valence electrons. The van der Waals surface area contributed by atoms with Crippen LogP contribution in [0.2, 0.25) is 0 Å². The molecule has 1 aromatic rings. The zero-order valence-corrected chi connectivity index (χ0v) is 13.4. The van der Waals surface area contributed by atoms with E-state index in [1.54, 1.807) is 6.92 Å². The lowest BCUT2D eigenvalue weighted by atomic mass is 10.1. The summed E-state index contributed by atoms with van der Waals surface area (Å²) in [6.45, 7) is 5.04. The number of hydrogen-bond donors (Lipinski definition) is 0. The van der Waals surface area contributed by atoms with Gasteiger partial charge < -0.3 is 9.80 Å². The number of carbonyl (C=O) groups excluding carboxylic acids is 1. The lowest BCUT2D eigenvalue weighted by Gasteiger charge is -2.23. The maximum absolute atomic E-state index is 11.4. The quantitative estimate of drug-likeness (QED) is 0.795. The van der Waals surface area contributed by atoms with Crippen LogP contribution in [0.3, 0.4) is 0 Å². The summed E-state index contributed by atoms with van der Waals surface area (Å²) in [6, 6.07) is 5.97. The topological polar surface area (TPSA) is 23.6 Å². The fourth-order valence-electron chi connectivity index (χ4n) is 2.70. The van der Waals surface area contributed by atoms with Gasteiger partial charge in [-0.25, -0.2) is 0 Å². The van der Waals surface area contributed by atoms with E-state index in [1.807, 2.05) is 18.2 Å². The first-order chi connectivity index (χ1) is 8.97. The molecule has 0 bridgehead atoms. The summed E-state index contributed by atoms with van der Waals surface area (Å²) in [5.74, 6) is 0.833. The second-order valence-corrected chi connectivity index (χ2v) is 6.37. The van der Waals surface area contributed by atoms with Crippen LogP contribution in [0.15, 0.2) is 22.7 Å². The van der Waals surface area contributed by atoms with Crippen molar-refractivity contribution in [2.75, 3.05) is 38.6 Å². The molecule has 3 nitrogen and oxygen atoms in total. The van der Waals surface area contributed by atoms with Crippen molar-refractivity contribution in [1.82, 2.24) is 4.90 Å². The second-order valence-electron chi connectivity index (χ2n) is 5.52. The van der Waals surface area contributed by atoms with E-state index in [4.69, 9.17) is 0 Å². The highest BCUT2D eigenvalue weighted by molar-refractivity contribution is 9.10. The zero-order chi connectivity index (χ0) is 14.0. The molecule has 0 saturated carbocycles. The van der Waals surface area contributed by atoms with Gasteiger partial charge in [0.25, 0.3) is 0 Å². The molecule has 2 rings (SSSR count). The van der Waals surface area contributed by atoms with Gasteiger partial charge in [-0.3, -0.25) is 4.79 Å². The molecule has 1 fully saturated rings. The van der Waals surface area contributed by atoms with Crippen LogP contribution in [0.5, 0.6) is 0 Å². The summed E-state index contributed by atoms with van der Waals surface area (Å²) >= 11 is 3.48. The highest BCUT2D eigenvalue weighted by Crippen LogP contribution is 2.25. The number of halogens is 1. The van der Waals surface area contributed by atoms with Crippen molar-refractivity contribution in [3.63, 3.8) is 0 Å². The largest absolute Gasteiger partial charge is 0.374 e. The summed E-state index contributed by atoms with van der Waals surface area (Å²) in [5.41, 5.74) is 1.91. The Bertz CT molecular complexity index is 475. The predicted molar refractivity (Wildman–Crippen MR) is 83.0 cm³/mol. The van der Waals surface area contributed by atoms with E-state index in [-0.39, 0.29) is 5.78 Å². The third kappa shape index (κ3) is 3.57. The predicted octanol–water partition coefficient (Wildman–Crippen LogP) is 3.04. The standard InChI is InChI=1S/C15H21BrN2O/c1-11(19)14-5-4-13(8-15(14)16)18(3)10-12-6-7-17(2)9-12/h4-5,8,12H,6-7,9-10H2,1-3H3. The van der Waals surface area contributed by atoms with Crippen LogP contribution < -0.4 is 4.90 Å². The first-order valence-electron chi connectivity index (χ1n) is 6.67. The molecule has 1 atom stereocenters. The van der Waals surface area contributed by atoms with Crippen LogP contribution in [0, 0.1) is 5.92 Å². The maximum atomic E-state index is 11.4. The van der Waals surface area contributed by atoms with E-state index in [0.717, 1.165) is 28.2 Å². The highest BCUT2D eigenvalue weighted by atomic mass is 79.9. The number of hydrogen-bond acceptors (Lipinski definition) is 3. The van der Waals surface area contributed by atoms with Crippen molar-refractivity contribution >= 4 is 27.4 Å². The molecule has 0 aromatic heterocycles. The first-order valence-corrected chi connectivity index (χ1v) is 7.47. The fourth-order valence-corrected chi connectivity index (χ4v) is 3.34. The van der Waals surface area contributed by atoms with Crippen molar-refractivity contribution in [3.05, 3.63) is 28.2 Å². The summed E-state index contributed by atoms with van der Waals surface area (Å²) < 4.78 is 0.882. The van der Waals surface area contributed by atoms with E-state index in [9.17, 15) is 4.79 Å². The van der Waals surface area contributed by atoms with Gasteiger partial charge in [-0.15, -0.1) is 0 Å². The Hall–Kier alpha value is -0.870. The third-order valence-corrected chi connectivity index (χ3v) is 4.45. The summed E-state index contributed by atoms with van der Waals surface area (Å²) in [6.07, 6.45) is 1.27. The molecule has 0 aliphatic carbocycles. The van der Waals surface area contributed by atoms with E-state index < -0.39 is 0 Å². The Kier molecular flexibility index (Phi) is 4.63. The monoisotopic (exact) mass is 324 g/mol. The smallest absolute Gasteiger partial charge is 0.160 e. The molecule has 1 saturated heterocycles. The zero-order valence-electron chi connectivity index (χ0n) is 11.8. The van der Waals surface area contributed by atoms with Crippen molar-refractivity contribution in [1.29, 1.82) is 0 Å². The average molecular weight is 325 g/mol. The minimum Gasteiger partial charge on any atom is -0.374 e. The fraction of sp³-hybridized carbons (Fsp3) is 0.533. The Morgan fingerprint density at radius 1 is 1.53 bits per heavy atom. The first kappa shape index (κ1) is 14.5. The van der Waals surface area contributed by atoms with Crippen LogP contribution >= 0.6 is 15.9 Å². The van der Waals surface area contributed by atoms with E-state index >= 15 is 0 Å². The molecule has 1 aromatic carbocycles. The summed E-state index contributed by atoms with van der Waals surface area (Å²) in [7, 11) is 4.30. The summed E-state index contributed by atoms with van der Waals surface area (Å²) in [5, 5.41) is 0. The van der Waals surface area contributed by atoms with Crippen LogP contribution in [0.25, 0.3) is 0 Å². The minimum atomic E-state index is 0.0958. The van der Waals surface area contributed by atoms with Crippen LogP contribution in [-0.2, 0) is 0 Å². The SMILES string of the molecule is CC(=O)c1ccc(N(C)CC2CCN(C)C2)cc1Br. The number of rotatable bonds is 4. The van der Waals surface area contributed by atoms with Crippen molar-refractivity contribution in [2.24, 2.45) is 5.92 Å². The Morgan fingerprint density at radius 2 is 2.26 bits per heavy atom. The Morgan fingerprint density at radius 3 is 2.79 bits per heavy atom. The Labute approximate surface area is 123 Å². The molecule has 1 aliphatic heterocycles. The van der Waals surface area contributed by atoms with Crippen molar-refractivity contribution in [2.45, 2.75) is 13.3 Å². The Balaban J connectivity index is 2.05. The molecule has 19 heavy (non-hydrogen) atoms. The number of benzene rings is 1. The molecule has 0 radical (unpaired) electrons. The van der Waals surface area contributed by atoms with Crippen LogP contribution in [0.1, 0.15) is 23.7 Å². The van der Waals surface area contributed by atoms with Crippen LogP contribution in [-0.4, -0.2) is 44.4 Å². The molecule has 1 aliphatic rings. The molecule has 0 amide bonds. The van der Waals surface area contributed by atoms with Gasteiger partial charge in [-0.2, -0.15) is 0 Å². The van der Waals surface area contributed by atoms with Gasteiger partial charge in [-0.05, 0) is 67.0 Å². The van der Waals surface area contributed by atoms with Gasteiger partial charge in [0.05, 0.1) is 0 Å². The average Bonchev–Trinajstić information content (AvgIpc) is 2.74. The molecule has 4 heteroatoms. The molecular weight excluding hydrogens is 304 g/mol. The van der Waals surface area contributed by atoms with Gasteiger partial charge in [0.2, 0.25) is 0 Å². The highest BCUT2D eigenvalue weighted by Gasteiger charge is 2.21. The number of anilines is 1. The number of Topliss-reactive ketones (excluding diaryl/α,β-unsaturated/α-hetero) is 1. The normalized spacial score (nSPS) is 19.7. The number of ketones is 1. The maximum Gasteiger partial charge on any atom is 0.160 e. The lowest BCUT2D eigenvalue weighted by molar-refractivity contribution is 0.101. The molecule has 1 unspecified atom stereocenters. The number of nitrogens with zero attached hydrogens (tertiary/aromatic N) is 2. The van der Waals surface area contributed by atoms with Gasteiger partial charge in [0, 0.05) is 35.9 Å². The number of carbonyl (C=O) groups is 1. The number of likely N-dealkylation sites (tertiary alicyclic amines) is 1. The third-order valence-electron chi connectivity index (χ3n) is 3.79.